The van der Waals surface area contributed by atoms with Crippen molar-refractivity contribution in [1.29, 1.82) is 0 Å². The molecule has 2 aromatic carbocycles. The lowest BCUT2D eigenvalue weighted by Crippen LogP contribution is -2.16. The molecule has 4 heteroatoms. The lowest BCUT2D eigenvalue weighted by Gasteiger charge is -2.06. The molecule has 2 rings (SSSR count). The molecule has 1 N–H and O–H groups in total. The van der Waals surface area contributed by atoms with Crippen molar-refractivity contribution in [2.24, 2.45) is 5.10 Å². The first kappa shape index (κ1) is 16.7. The van der Waals surface area contributed by atoms with Gasteiger partial charge in [-0.05, 0) is 41.8 Å². The van der Waals surface area contributed by atoms with Gasteiger partial charge in [0.05, 0.1) is 6.21 Å². The molecular weight excluding hydrogens is 288 g/mol. The fraction of sp³-hybridized carbons (Fsp3) is 0.263. The van der Waals surface area contributed by atoms with Crippen molar-refractivity contribution in [1.82, 2.24) is 5.43 Å². The summed E-state index contributed by atoms with van der Waals surface area (Å²) in [4.78, 5) is 11.4. The maximum atomic E-state index is 11.4. The van der Waals surface area contributed by atoms with E-state index in [9.17, 15) is 4.79 Å². The first-order valence-corrected chi connectivity index (χ1v) is 7.86. The van der Waals surface area contributed by atoms with Crippen LogP contribution in [0.3, 0.4) is 0 Å². The predicted molar refractivity (Wildman–Crippen MR) is 92.5 cm³/mol. The van der Waals surface area contributed by atoms with E-state index >= 15 is 0 Å². The molecule has 0 unspecified atom stereocenters. The van der Waals surface area contributed by atoms with E-state index in [2.05, 4.69) is 17.5 Å². The van der Waals surface area contributed by atoms with Crippen LogP contribution in [0.4, 0.5) is 0 Å². The summed E-state index contributed by atoms with van der Waals surface area (Å²) < 4.78 is 5.72. The average Bonchev–Trinajstić information content (AvgIpc) is 2.60. The lowest BCUT2D eigenvalue weighted by atomic mass is 10.2. The van der Waals surface area contributed by atoms with Gasteiger partial charge in [0, 0.05) is 6.42 Å². The van der Waals surface area contributed by atoms with Gasteiger partial charge < -0.3 is 4.74 Å². The second-order valence-electron chi connectivity index (χ2n) is 5.24. The highest BCUT2D eigenvalue weighted by Crippen LogP contribution is 2.13. The summed E-state index contributed by atoms with van der Waals surface area (Å²) >= 11 is 0. The zero-order chi connectivity index (χ0) is 16.3. The molecule has 2 aromatic rings. The molecule has 0 fully saturated rings. The summed E-state index contributed by atoms with van der Waals surface area (Å²) in [5.74, 6) is 0.754. The van der Waals surface area contributed by atoms with Crippen LogP contribution in [0.5, 0.6) is 5.75 Å². The van der Waals surface area contributed by atoms with Crippen molar-refractivity contribution in [3.05, 3.63) is 65.7 Å². The Morgan fingerprint density at radius 3 is 2.57 bits per heavy atom. The Labute approximate surface area is 137 Å². The van der Waals surface area contributed by atoms with Crippen LogP contribution in [0.15, 0.2) is 59.7 Å². The Hall–Kier alpha value is -2.62. The Bertz CT molecular complexity index is 622. The molecule has 0 saturated carbocycles. The predicted octanol–water partition coefficient (Wildman–Crippen LogP) is 3.91. The molecule has 0 aliphatic rings. The van der Waals surface area contributed by atoms with E-state index in [0.717, 1.165) is 29.7 Å². The van der Waals surface area contributed by atoms with Gasteiger partial charge in [-0.3, -0.25) is 4.79 Å². The first-order chi connectivity index (χ1) is 11.3. The summed E-state index contributed by atoms with van der Waals surface area (Å²) in [6, 6.07) is 17.6. The molecule has 1 amide bonds. The fourth-order valence-corrected chi connectivity index (χ4v) is 1.96. The minimum Gasteiger partial charge on any atom is -0.489 e. The van der Waals surface area contributed by atoms with Crippen molar-refractivity contribution < 1.29 is 9.53 Å². The molecule has 23 heavy (non-hydrogen) atoms. The molecular formula is C19H22N2O2. The molecule has 0 atom stereocenters. The van der Waals surface area contributed by atoms with Crippen LogP contribution >= 0.6 is 0 Å². The van der Waals surface area contributed by atoms with E-state index in [1.54, 1.807) is 6.21 Å². The van der Waals surface area contributed by atoms with Gasteiger partial charge in [-0.25, -0.2) is 5.43 Å². The van der Waals surface area contributed by atoms with E-state index in [1.165, 1.54) is 0 Å². The summed E-state index contributed by atoms with van der Waals surface area (Å²) in [5, 5.41) is 3.95. The zero-order valence-corrected chi connectivity index (χ0v) is 13.4. The number of nitrogens with zero attached hydrogens (tertiary/aromatic N) is 1. The summed E-state index contributed by atoms with van der Waals surface area (Å²) in [5.41, 5.74) is 4.57. The molecule has 0 heterocycles. The average molecular weight is 310 g/mol. The maximum absolute atomic E-state index is 11.4. The Balaban J connectivity index is 1.79. The number of hydrogen-bond acceptors (Lipinski definition) is 3. The highest BCUT2D eigenvalue weighted by atomic mass is 16.5. The van der Waals surface area contributed by atoms with Crippen LogP contribution in [0, 0.1) is 0 Å². The lowest BCUT2D eigenvalue weighted by molar-refractivity contribution is -0.121. The molecule has 0 bridgehead atoms. The van der Waals surface area contributed by atoms with Gasteiger partial charge in [-0.1, -0.05) is 43.7 Å². The number of nitrogens with one attached hydrogen (secondary N) is 1. The van der Waals surface area contributed by atoms with Crippen LogP contribution in [-0.2, 0) is 11.4 Å². The van der Waals surface area contributed by atoms with Crippen LogP contribution < -0.4 is 10.2 Å². The molecule has 120 valence electrons. The number of carbonyl (C=O) groups excluding carboxylic acids is 1. The van der Waals surface area contributed by atoms with Crippen LogP contribution in [0.1, 0.15) is 37.3 Å². The Morgan fingerprint density at radius 1 is 1.13 bits per heavy atom. The SMILES string of the molecule is CCCCC(=O)N/N=C/c1ccc(OCc2ccccc2)cc1. The summed E-state index contributed by atoms with van der Waals surface area (Å²) in [6.45, 7) is 2.60. The molecule has 0 saturated heterocycles. The van der Waals surface area contributed by atoms with Crippen LogP contribution in [0.2, 0.25) is 0 Å². The number of carbonyl (C=O) groups is 1. The third-order valence-electron chi connectivity index (χ3n) is 3.29. The number of unbranched alkanes of at least 4 members (excludes halogenated alkanes) is 1. The molecule has 0 aromatic heterocycles. The van der Waals surface area contributed by atoms with Gasteiger partial charge in [-0.2, -0.15) is 5.10 Å². The van der Waals surface area contributed by atoms with Crippen LogP contribution in [-0.4, -0.2) is 12.1 Å². The maximum Gasteiger partial charge on any atom is 0.240 e. The number of amides is 1. The van der Waals surface area contributed by atoms with E-state index in [-0.39, 0.29) is 5.91 Å². The molecule has 0 spiro atoms. The number of rotatable bonds is 8. The number of hydrazone groups is 1. The third-order valence-corrected chi connectivity index (χ3v) is 3.29. The minimum atomic E-state index is -0.0501. The van der Waals surface area contributed by atoms with E-state index < -0.39 is 0 Å². The first-order valence-electron chi connectivity index (χ1n) is 7.86. The number of hydrogen-bond donors (Lipinski definition) is 1. The molecule has 0 radical (unpaired) electrons. The summed E-state index contributed by atoms with van der Waals surface area (Å²) in [6.07, 6.45) is 4.03. The highest BCUT2D eigenvalue weighted by molar-refractivity contribution is 5.82. The topological polar surface area (TPSA) is 50.7 Å². The van der Waals surface area contributed by atoms with Gasteiger partial charge in [-0.15, -0.1) is 0 Å². The van der Waals surface area contributed by atoms with E-state index in [0.29, 0.717) is 13.0 Å². The van der Waals surface area contributed by atoms with E-state index in [1.807, 2.05) is 54.6 Å². The van der Waals surface area contributed by atoms with Gasteiger partial charge >= 0.3 is 0 Å². The largest absolute Gasteiger partial charge is 0.489 e. The third kappa shape index (κ3) is 6.34. The molecule has 4 nitrogen and oxygen atoms in total. The van der Waals surface area contributed by atoms with Crippen molar-refractivity contribution in [2.45, 2.75) is 32.8 Å². The number of ether oxygens (including phenoxy) is 1. The van der Waals surface area contributed by atoms with Crippen molar-refractivity contribution in [2.75, 3.05) is 0 Å². The molecule has 0 aliphatic carbocycles. The minimum absolute atomic E-state index is 0.0501. The number of benzene rings is 2. The summed E-state index contributed by atoms with van der Waals surface area (Å²) in [7, 11) is 0. The van der Waals surface area contributed by atoms with Crippen molar-refractivity contribution >= 4 is 12.1 Å². The quantitative estimate of drug-likeness (QED) is 0.594. The Kier molecular flexibility index (Phi) is 6.85. The smallest absolute Gasteiger partial charge is 0.240 e. The standard InChI is InChI=1S/C19H22N2O2/c1-2-3-9-19(22)21-20-14-16-10-12-18(13-11-16)23-15-17-7-5-4-6-8-17/h4-8,10-14H,2-3,9,15H2,1H3,(H,21,22)/b20-14+. The Morgan fingerprint density at radius 2 is 1.87 bits per heavy atom. The van der Waals surface area contributed by atoms with Crippen LogP contribution in [0.25, 0.3) is 0 Å². The van der Waals surface area contributed by atoms with Gasteiger partial charge in [0.1, 0.15) is 12.4 Å². The second-order valence-corrected chi connectivity index (χ2v) is 5.24. The monoisotopic (exact) mass is 310 g/mol. The fourth-order valence-electron chi connectivity index (χ4n) is 1.96. The van der Waals surface area contributed by atoms with Crippen molar-refractivity contribution in [3.8, 4) is 5.75 Å². The van der Waals surface area contributed by atoms with Gasteiger partial charge in [0.25, 0.3) is 0 Å². The zero-order valence-electron chi connectivity index (χ0n) is 13.4. The second kappa shape index (κ2) is 9.41. The highest BCUT2D eigenvalue weighted by Gasteiger charge is 1.98. The van der Waals surface area contributed by atoms with Gasteiger partial charge in [0.2, 0.25) is 5.91 Å². The van der Waals surface area contributed by atoms with E-state index in [4.69, 9.17) is 4.74 Å². The normalized spacial score (nSPS) is 10.7. The van der Waals surface area contributed by atoms with Gasteiger partial charge in [0.15, 0.2) is 0 Å². The molecule has 0 aliphatic heterocycles. The van der Waals surface area contributed by atoms with Crippen molar-refractivity contribution in [3.63, 3.8) is 0 Å².